The van der Waals surface area contributed by atoms with Crippen molar-refractivity contribution >= 4 is 28.4 Å². The van der Waals surface area contributed by atoms with Gasteiger partial charge in [-0.15, -0.1) is 5.10 Å². The van der Waals surface area contributed by atoms with Crippen molar-refractivity contribution in [3.8, 4) is 0 Å². The summed E-state index contributed by atoms with van der Waals surface area (Å²) in [6.45, 7) is 0.902. The number of carbonyl (C=O) groups excluding carboxylic acids is 1. The van der Waals surface area contributed by atoms with Crippen molar-refractivity contribution in [3.05, 3.63) is 30.5 Å². The first-order valence-corrected chi connectivity index (χ1v) is 7.88. The molecule has 20 heavy (non-hydrogen) atoms. The van der Waals surface area contributed by atoms with Gasteiger partial charge in [-0.1, -0.05) is 36.0 Å². The highest BCUT2D eigenvalue weighted by atomic mass is 32.2. The van der Waals surface area contributed by atoms with Crippen LogP contribution in [0.4, 0.5) is 0 Å². The average molecular weight is 285 g/mol. The van der Waals surface area contributed by atoms with E-state index < -0.39 is 0 Å². The fourth-order valence-corrected chi connectivity index (χ4v) is 3.89. The maximum Gasteiger partial charge on any atom is 0.236 e. The normalized spacial score (nSPS) is 22.7. The molecular formula is C15H15N3OS. The third-order valence-electron chi connectivity index (χ3n) is 3.97. The van der Waals surface area contributed by atoms with Crippen molar-refractivity contribution in [2.24, 2.45) is 0 Å². The molecule has 0 N–H and O–H groups in total. The monoisotopic (exact) mass is 285 g/mol. The van der Waals surface area contributed by atoms with Crippen LogP contribution in [0.15, 0.2) is 35.5 Å². The predicted molar refractivity (Wildman–Crippen MR) is 78.5 cm³/mol. The molecule has 0 bridgehead atoms. The quantitative estimate of drug-likeness (QED) is 0.869. The number of rotatable bonds is 3. The number of amides is 1. The summed E-state index contributed by atoms with van der Waals surface area (Å²) in [5.41, 5.74) is 0. The van der Waals surface area contributed by atoms with E-state index in [1.165, 1.54) is 12.8 Å². The molecule has 2 heterocycles. The molecule has 5 heteroatoms. The number of hydrogen-bond acceptors (Lipinski definition) is 4. The summed E-state index contributed by atoms with van der Waals surface area (Å²) in [5.74, 6) is 0.284. The minimum atomic E-state index is 0.00991. The number of likely N-dealkylation sites (tertiary alicyclic amines) is 1. The molecule has 2 aliphatic rings. The zero-order valence-electron chi connectivity index (χ0n) is 11.0. The number of aromatic nitrogens is 2. The Balaban J connectivity index is 1.60. The van der Waals surface area contributed by atoms with E-state index in [1.807, 2.05) is 24.3 Å². The SMILES string of the molecule is O=C1[C@@H](Sc2nncc3ccccc23)CCN1C1CC1. The van der Waals surface area contributed by atoms with E-state index in [1.54, 1.807) is 18.0 Å². The highest BCUT2D eigenvalue weighted by Gasteiger charge is 2.41. The van der Waals surface area contributed by atoms with Crippen molar-refractivity contribution in [3.63, 3.8) is 0 Å². The molecule has 1 aliphatic carbocycles. The number of benzene rings is 1. The van der Waals surface area contributed by atoms with Gasteiger partial charge in [-0.3, -0.25) is 4.79 Å². The minimum Gasteiger partial charge on any atom is -0.339 e. The van der Waals surface area contributed by atoms with Gasteiger partial charge in [0.1, 0.15) is 5.03 Å². The number of fused-ring (bicyclic) bond motifs is 1. The summed E-state index contributed by atoms with van der Waals surface area (Å²) in [4.78, 5) is 14.4. The Hall–Kier alpha value is -1.62. The molecule has 1 aromatic carbocycles. The zero-order chi connectivity index (χ0) is 13.5. The highest BCUT2D eigenvalue weighted by molar-refractivity contribution is 8.00. The molecule has 1 atom stereocenters. The molecule has 0 spiro atoms. The van der Waals surface area contributed by atoms with Gasteiger partial charge >= 0.3 is 0 Å². The molecule has 1 aromatic heterocycles. The summed E-state index contributed by atoms with van der Waals surface area (Å²) >= 11 is 1.57. The maximum absolute atomic E-state index is 12.4. The predicted octanol–water partition coefficient (Wildman–Crippen LogP) is 2.49. The number of hydrogen-bond donors (Lipinski definition) is 0. The Bertz CT molecular complexity index is 666. The van der Waals surface area contributed by atoms with Crippen molar-refractivity contribution in [1.29, 1.82) is 0 Å². The molecule has 1 saturated carbocycles. The molecule has 2 aromatic rings. The van der Waals surface area contributed by atoms with E-state index in [0.717, 1.165) is 28.8 Å². The van der Waals surface area contributed by atoms with Gasteiger partial charge in [-0.05, 0) is 19.3 Å². The molecule has 0 radical (unpaired) electrons. The minimum absolute atomic E-state index is 0.00991. The molecule has 0 unspecified atom stereocenters. The zero-order valence-corrected chi connectivity index (χ0v) is 11.8. The second-order valence-electron chi connectivity index (χ2n) is 5.39. The van der Waals surface area contributed by atoms with Crippen molar-refractivity contribution in [2.75, 3.05) is 6.54 Å². The summed E-state index contributed by atoms with van der Waals surface area (Å²) in [5, 5.41) is 11.3. The first-order chi connectivity index (χ1) is 9.83. The van der Waals surface area contributed by atoms with E-state index in [9.17, 15) is 4.79 Å². The summed E-state index contributed by atoms with van der Waals surface area (Å²) in [6, 6.07) is 8.59. The molecule has 2 fully saturated rings. The average Bonchev–Trinajstić information content (AvgIpc) is 3.26. The van der Waals surface area contributed by atoms with Crippen molar-refractivity contribution in [1.82, 2.24) is 15.1 Å². The van der Waals surface area contributed by atoms with E-state index in [-0.39, 0.29) is 11.2 Å². The van der Waals surface area contributed by atoms with Gasteiger partial charge in [0.2, 0.25) is 5.91 Å². The maximum atomic E-state index is 12.4. The van der Waals surface area contributed by atoms with E-state index in [4.69, 9.17) is 0 Å². The Morgan fingerprint density at radius 1 is 1.20 bits per heavy atom. The third-order valence-corrected chi connectivity index (χ3v) is 5.22. The second-order valence-corrected chi connectivity index (χ2v) is 6.59. The van der Waals surface area contributed by atoms with Crippen LogP contribution in [0.2, 0.25) is 0 Å². The first-order valence-electron chi connectivity index (χ1n) is 7.00. The summed E-state index contributed by atoms with van der Waals surface area (Å²) < 4.78 is 0. The van der Waals surface area contributed by atoms with Crippen LogP contribution in [0.25, 0.3) is 10.8 Å². The smallest absolute Gasteiger partial charge is 0.236 e. The fraction of sp³-hybridized carbons (Fsp3) is 0.400. The second kappa shape index (κ2) is 4.74. The van der Waals surface area contributed by atoms with Gasteiger partial charge < -0.3 is 4.90 Å². The van der Waals surface area contributed by atoms with Crippen LogP contribution in [-0.4, -0.2) is 38.8 Å². The lowest BCUT2D eigenvalue weighted by atomic mass is 10.2. The highest BCUT2D eigenvalue weighted by Crippen LogP contribution is 2.37. The lowest BCUT2D eigenvalue weighted by molar-refractivity contribution is -0.127. The lowest BCUT2D eigenvalue weighted by Crippen LogP contribution is -2.30. The number of nitrogens with zero attached hydrogens (tertiary/aromatic N) is 3. The summed E-state index contributed by atoms with van der Waals surface area (Å²) in [7, 11) is 0. The van der Waals surface area contributed by atoms with Crippen LogP contribution in [0.3, 0.4) is 0 Å². The largest absolute Gasteiger partial charge is 0.339 e. The van der Waals surface area contributed by atoms with Crippen LogP contribution < -0.4 is 0 Å². The van der Waals surface area contributed by atoms with Crippen LogP contribution in [0, 0.1) is 0 Å². The van der Waals surface area contributed by atoms with Crippen LogP contribution in [0.1, 0.15) is 19.3 Å². The fourth-order valence-electron chi connectivity index (χ4n) is 2.76. The van der Waals surface area contributed by atoms with Gasteiger partial charge in [0, 0.05) is 23.4 Å². The molecule has 4 rings (SSSR count). The number of carbonyl (C=O) groups is 1. The lowest BCUT2D eigenvalue weighted by Gasteiger charge is -2.15. The van der Waals surface area contributed by atoms with Gasteiger partial charge in [0.25, 0.3) is 0 Å². The van der Waals surface area contributed by atoms with Crippen molar-refractivity contribution < 1.29 is 4.79 Å². The van der Waals surface area contributed by atoms with Crippen LogP contribution in [0.5, 0.6) is 0 Å². The Kier molecular flexibility index (Phi) is 2.88. The third kappa shape index (κ3) is 2.06. The topological polar surface area (TPSA) is 46.1 Å². The van der Waals surface area contributed by atoms with Gasteiger partial charge in [-0.25, -0.2) is 0 Å². The molecule has 102 valence electrons. The Labute approximate surface area is 121 Å². The first kappa shape index (κ1) is 12.1. The van der Waals surface area contributed by atoms with Gasteiger partial charge in [0.05, 0.1) is 11.4 Å². The van der Waals surface area contributed by atoms with Crippen molar-refractivity contribution in [2.45, 2.75) is 35.6 Å². The Morgan fingerprint density at radius 2 is 2.05 bits per heavy atom. The number of thioether (sulfide) groups is 1. The van der Waals surface area contributed by atoms with Crippen LogP contribution in [-0.2, 0) is 4.79 Å². The molecule has 1 saturated heterocycles. The van der Waals surface area contributed by atoms with Crippen LogP contribution >= 0.6 is 11.8 Å². The molecular weight excluding hydrogens is 270 g/mol. The summed E-state index contributed by atoms with van der Waals surface area (Å²) in [6.07, 6.45) is 5.05. The van der Waals surface area contributed by atoms with Gasteiger partial charge in [0.15, 0.2) is 0 Å². The van der Waals surface area contributed by atoms with Gasteiger partial charge in [-0.2, -0.15) is 5.10 Å². The van der Waals surface area contributed by atoms with E-state index >= 15 is 0 Å². The van der Waals surface area contributed by atoms with E-state index in [0.29, 0.717) is 6.04 Å². The molecule has 1 amide bonds. The van der Waals surface area contributed by atoms with E-state index in [2.05, 4.69) is 15.1 Å². The Morgan fingerprint density at radius 3 is 2.90 bits per heavy atom. The standard InChI is InChI=1S/C15H15N3OS/c19-15-13(7-8-18(15)11-5-6-11)20-14-12-4-2-1-3-10(12)9-16-17-14/h1-4,9,11,13H,5-8H2/t13-/m0/s1. The molecule has 1 aliphatic heterocycles. The molecule has 4 nitrogen and oxygen atoms in total.